The van der Waals surface area contributed by atoms with Crippen molar-refractivity contribution in [3.63, 3.8) is 0 Å². The summed E-state index contributed by atoms with van der Waals surface area (Å²) in [6.45, 7) is 10.5. The van der Waals surface area contributed by atoms with E-state index < -0.39 is 17.4 Å². The fourth-order valence-electron chi connectivity index (χ4n) is 3.33. The summed E-state index contributed by atoms with van der Waals surface area (Å²) >= 11 is -2.50. The van der Waals surface area contributed by atoms with Crippen LogP contribution in [0.15, 0.2) is 0 Å². The molecule has 0 bridgehead atoms. The van der Waals surface area contributed by atoms with Crippen LogP contribution >= 0.6 is 0 Å². The van der Waals surface area contributed by atoms with Gasteiger partial charge in [0.05, 0.1) is 0 Å². The van der Waals surface area contributed by atoms with Crippen LogP contribution in [-0.2, 0) is 24.0 Å². The minimum absolute atomic E-state index is 0.839. The van der Waals surface area contributed by atoms with Gasteiger partial charge in [0, 0.05) is 0 Å². The predicted octanol–water partition coefficient (Wildman–Crippen LogP) is 7.60. The van der Waals surface area contributed by atoms with E-state index in [9.17, 15) is 0 Å². The van der Waals surface area contributed by atoms with Crippen LogP contribution in [0.5, 0.6) is 0 Å². The zero-order valence-corrected chi connectivity index (χ0v) is 18.2. The molecule has 0 heterocycles. The Hall–Kier alpha value is 0.634. The van der Waals surface area contributed by atoms with Gasteiger partial charge in [0.2, 0.25) is 0 Å². The molecule has 0 aromatic heterocycles. The third-order valence-corrected chi connectivity index (χ3v) is 10.7. The van der Waals surface area contributed by atoms with E-state index in [1.165, 1.54) is 86.5 Å². The monoisotopic (exact) mass is 364 g/mol. The van der Waals surface area contributed by atoms with Crippen LogP contribution in [0, 0.1) is 0 Å². The molecular weight excluding hydrogens is 320 g/mol. The molecule has 0 amide bonds. The van der Waals surface area contributed by atoms with Gasteiger partial charge in [-0.15, -0.1) is 0 Å². The standard InChI is InChI=1S/2C8H17.2C2H5O.Ti/c2*1-3-5-7-8-6-4-2;2*1-2-3;/h2*1,3-8H2,2H3;2*2H2,1H3;/q;;2*-1;+2. The second-order valence-electron chi connectivity index (χ2n) is 6.81. The molecule has 0 aliphatic heterocycles. The second kappa shape index (κ2) is 17.5. The van der Waals surface area contributed by atoms with Crippen molar-refractivity contribution in [2.75, 3.05) is 13.2 Å². The van der Waals surface area contributed by atoms with Crippen LogP contribution < -0.4 is 0 Å². The molecule has 0 unspecified atom stereocenters. The van der Waals surface area contributed by atoms with Gasteiger partial charge in [-0.2, -0.15) is 0 Å². The van der Waals surface area contributed by atoms with Crippen molar-refractivity contribution in [2.24, 2.45) is 0 Å². The summed E-state index contributed by atoms with van der Waals surface area (Å²) in [6, 6.07) is 0. The second-order valence-corrected chi connectivity index (χ2v) is 12.1. The summed E-state index contributed by atoms with van der Waals surface area (Å²) in [6.07, 6.45) is 16.4. The molecule has 0 saturated carbocycles. The molecule has 0 atom stereocenters. The van der Waals surface area contributed by atoms with Gasteiger partial charge < -0.3 is 0 Å². The van der Waals surface area contributed by atoms with Crippen molar-refractivity contribution in [2.45, 2.75) is 114 Å². The van der Waals surface area contributed by atoms with Gasteiger partial charge in [-0.25, -0.2) is 0 Å². The first kappa shape index (κ1) is 23.6. The summed E-state index contributed by atoms with van der Waals surface area (Å²) in [7, 11) is 0. The van der Waals surface area contributed by atoms with E-state index >= 15 is 0 Å². The van der Waals surface area contributed by atoms with E-state index in [4.69, 9.17) is 6.64 Å². The Bertz CT molecular complexity index is 210. The topological polar surface area (TPSA) is 18.5 Å². The van der Waals surface area contributed by atoms with E-state index in [1.54, 1.807) is 0 Å². The maximum atomic E-state index is 6.29. The van der Waals surface area contributed by atoms with E-state index in [-0.39, 0.29) is 0 Å². The molecule has 2 nitrogen and oxygen atoms in total. The van der Waals surface area contributed by atoms with Crippen molar-refractivity contribution in [3.8, 4) is 0 Å². The zero-order chi connectivity index (χ0) is 17.2. The molecule has 0 aliphatic rings. The van der Waals surface area contributed by atoms with Crippen molar-refractivity contribution < 1.29 is 24.0 Å². The molecule has 0 aromatic carbocycles. The van der Waals surface area contributed by atoms with Crippen molar-refractivity contribution >= 4 is 0 Å². The first-order chi connectivity index (χ1) is 11.2. The average Bonchev–Trinajstić information content (AvgIpc) is 2.54. The number of hydrogen-bond donors (Lipinski definition) is 0. The molecule has 23 heavy (non-hydrogen) atoms. The summed E-state index contributed by atoms with van der Waals surface area (Å²) in [4.78, 5) is 0. The fraction of sp³-hybridized carbons (Fsp3) is 1.00. The molecule has 0 N–H and O–H groups in total. The van der Waals surface area contributed by atoms with E-state index in [0.717, 1.165) is 13.2 Å². The summed E-state index contributed by atoms with van der Waals surface area (Å²) in [5, 5.41) is 0. The molecule has 0 spiro atoms. The van der Waals surface area contributed by atoms with Crippen molar-refractivity contribution in [1.29, 1.82) is 0 Å². The van der Waals surface area contributed by atoms with Crippen LogP contribution in [0.2, 0.25) is 9.45 Å². The molecule has 0 aliphatic carbocycles. The Kier molecular flexibility index (Phi) is 17.9. The van der Waals surface area contributed by atoms with E-state index in [1.807, 2.05) is 0 Å². The van der Waals surface area contributed by atoms with Crippen LogP contribution in [0.4, 0.5) is 0 Å². The SMILES string of the molecule is CCCCCCC[CH2][Ti]([CH2]CCCCCCC)([O]CC)[O]CC. The normalized spacial score (nSPS) is 12.0. The molecule has 0 radical (unpaired) electrons. The van der Waals surface area contributed by atoms with Gasteiger partial charge in [-0.3, -0.25) is 0 Å². The van der Waals surface area contributed by atoms with Crippen LogP contribution in [0.25, 0.3) is 0 Å². The molecule has 0 fully saturated rings. The van der Waals surface area contributed by atoms with Crippen LogP contribution in [0.1, 0.15) is 105 Å². The predicted molar refractivity (Wildman–Crippen MR) is 99.6 cm³/mol. The Morgan fingerprint density at radius 3 is 1.17 bits per heavy atom. The quantitative estimate of drug-likeness (QED) is 0.184. The number of hydrogen-bond acceptors (Lipinski definition) is 2. The molecule has 3 heteroatoms. The first-order valence-electron chi connectivity index (χ1n) is 10.5. The van der Waals surface area contributed by atoms with E-state index in [0.29, 0.717) is 0 Å². The third-order valence-electron chi connectivity index (χ3n) is 4.64. The van der Waals surface area contributed by atoms with Gasteiger partial charge >= 0.3 is 151 Å². The Morgan fingerprint density at radius 1 is 0.478 bits per heavy atom. The molecule has 0 saturated heterocycles. The maximum absolute atomic E-state index is 6.29. The average molecular weight is 364 g/mol. The van der Waals surface area contributed by atoms with Crippen molar-refractivity contribution in [3.05, 3.63) is 0 Å². The fourth-order valence-corrected chi connectivity index (χ4v) is 8.86. The zero-order valence-electron chi connectivity index (χ0n) is 16.6. The summed E-state index contributed by atoms with van der Waals surface area (Å²) in [5.74, 6) is 0. The number of unbranched alkanes of at least 4 members (excludes halogenated alkanes) is 10. The molecule has 140 valence electrons. The van der Waals surface area contributed by atoms with Gasteiger partial charge in [0.25, 0.3) is 0 Å². The van der Waals surface area contributed by atoms with E-state index in [2.05, 4.69) is 27.7 Å². The van der Waals surface area contributed by atoms with Gasteiger partial charge in [-0.05, 0) is 0 Å². The Balaban J connectivity index is 4.11. The minimum atomic E-state index is -2.50. The Labute approximate surface area is 151 Å². The van der Waals surface area contributed by atoms with Gasteiger partial charge in [0.1, 0.15) is 0 Å². The summed E-state index contributed by atoms with van der Waals surface area (Å²) in [5.41, 5.74) is 0. The number of rotatable bonds is 18. The molecular formula is C20H44O2Ti. The molecule has 0 rings (SSSR count). The first-order valence-corrected chi connectivity index (χ1v) is 14.0. The van der Waals surface area contributed by atoms with Crippen LogP contribution in [0.3, 0.4) is 0 Å². The summed E-state index contributed by atoms with van der Waals surface area (Å²) < 4.78 is 15.1. The van der Waals surface area contributed by atoms with Crippen molar-refractivity contribution in [1.82, 2.24) is 0 Å². The molecule has 0 aromatic rings. The van der Waals surface area contributed by atoms with Gasteiger partial charge in [0.15, 0.2) is 0 Å². The Morgan fingerprint density at radius 2 is 0.826 bits per heavy atom. The van der Waals surface area contributed by atoms with Gasteiger partial charge in [-0.1, -0.05) is 0 Å². The van der Waals surface area contributed by atoms with Crippen LogP contribution in [-0.4, -0.2) is 13.2 Å². The third kappa shape index (κ3) is 13.6.